The number of hydrogen-bond donors (Lipinski definition) is 0. The lowest BCUT2D eigenvalue weighted by Gasteiger charge is -2.07. The van der Waals surface area contributed by atoms with Crippen molar-refractivity contribution in [3.8, 4) is 0 Å². The first kappa shape index (κ1) is 9.97. The van der Waals surface area contributed by atoms with Crippen LogP contribution in [0.15, 0.2) is 30.3 Å². The average molecular weight is 176 g/mol. The zero-order valence-corrected chi connectivity index (χ0v) is 8.07. The van der Waals surface area contributed by atoms with E-state index in [9.17, 15) is 4.79 Å². The predicted molar refractivity (Wildman–Crippen MR) is 54.6 cm³/mol. The average Bonchev–Trinajstić information content (AvgIpc) is 2.19. The van der Waals surface area contributed by atoms with E-state index in [4.69, 9.17) is 0 Å². The molecule has 13 heavy (non-hydrogen) atoms. The highest BCUT2D eigenvalue weighted by atomic mass is 16.1. The van der Waals surface area contributed by atoms with Crippen LogP contribution in [0.2, 0.25) is 0 Å². The zero-order valence-electron chi connectivity index (χ0n) is 8.07. The Bertz CT molecular complexity index is 241. The standard InChI is InChI=1S/C12H16O/c1-2-6-12(10-13)9-11-7-4-3-5-8-11/h3-5,7-8,10,12H,2,6,9H2,1H3. The third-order valence-corrected chi connectivity index (χ3v) is 2.19. The largest absolute Gasteiger partial charge is 0.303 e. The molecule has 1 unspecified atom stereocenters. The quantitative estimate of drug-likeness (QED) is 0.630. The third-order valence-electron chi connectivity index (χ3n) is 2.19. The van der Waals surface area contributed by atoms with Crippen LogP contribution >= 0.6 is 0 Å². The summed E-state index contributed by atoms with van der Waals surface area (Å²) in [7, 11) is 0. The first-order chi connectivity index (χ1) is 6.36. The Morgan fingerprint density at radius 3 is 2.54 bits per heavy atom. The van der Waals surface area contributed by atoms with Crippen LogP contribution in [0.25, 0.3) is 0 Å². The first-order valence-corrected chi connectivity index (χ1v) is 4.86. The molecule has 1 aromatic rings. The SMILES string of the molecule is CCCC(C=O)Cc1ccccc1. The van der Waals surface area contributed by atoms with Gasteiger partial charge in [0.15, 0.2) is 0 Å². The monoisotopic (exact) mass is 176 g/mol. The fourth-order valence-electron chi connectivity index (χ4n) is 1.51. The number of hydrogen-bond acceptors (Lipinski definition) is 1. The van der Waals surface area contributed by atoms with E-state index in [-0.39, 0.29) is 5.92 Å². The normalized spacial score (nSPS) is 12.4. The lowest BCUT2D eigenvalue weighted by molar-refractivity contribution is -0.111. The summed E-state index contributed by atoms with van der Waals surface area (Å²) in [5.74, 6) is 0.201. The summed E-state index contributed by atoms with van der Waals surface area (Å²) in [5.41, 5.74) is 1.26. The minimum Gasteiger partial charge on any atom is -0.303 e. The Kier molecular flexibility index (Phi) is 4.24. The van der Waals surface area contributed by atoms with Gasteiger partial charge in [0.2, 0.25) is 0 Å². The molecular formula is C12H16O. The van der Waals surface area contributed by atoms with Crippen LogP contribution in [0.1, 0.15) is 25.3 Å². The molecule has 1 aromatic carbocycles. The van der Waals surface area contributed by atoms with Gasteiger partial charge in [0.05, 0.1) is 0 Å². The molecule has 0 saturated heterocycles. The molecule has 0 fully saturated rings. The summed E-state index contributed by atoms with van der Waals surface area (Å²) in [4.78, 5) is 10.7. The van der Waals surface area contributed by atoms with E-state index in [0.29, 0.717) is 0 Å². The molecule has 0 N–H and O–H groups in total. The predicted octanol–water partition coefficient (Wildman–Crippen LogP) is 2.84. The highest BCUT2D eigenvalue weighted by Crippen LogP contribution is 2.11. The maximum Gasteiger partial charge on any atom is 0.123 e. The van der Waals surface area contributed by atoms with Crippen molar-refractivity contribution in [3.05, 3.63) is 35.9 Å². The molecule has 0 bridgehead atoms. The van der Waals surface area contributed by atoms with Gasteiger partial charge in [0.1, 0.15) is 6.29 Å². The summed E-state index contributed by atoms with van der Waals surface area (Å²) < 4.78 is 0. The van der Waals surface area contributed by atoms with Crippen LogP contribution < -0.4 is 0 Å². The highest BCUT2D eigenvalue weighted by molar-refractivity contribution is 5.54. The van der Waals surface area contributed by atoms with Gasteiger partial charge in [-0.2, -0.15) is 0 Å². The molecule has 0 aromatic heterocycles. The minimum atomic E-state index is 0.201. The number of carbonyl (C=O) groups is 1. The van der Waals surface area contributed by atoms with Crippen LogP contribution in [-0.4, -0.2) is 6.29 Å². The molecule has 0 aliphatic rings. The van der Waals surface area contributed by atoms with Gasteiger partial charge in [-0.3, -0.25) is 0 Å². The van der Waals surface area contributed by atoms with Gasteiger partial charge in [-0.1, -0.05) is 43.7 Å². The van der Waals surface area contributed by atoms with Gasteiger partial charge in [-0.05, 0) is 18.4 Å². The van der Waals surface area contributed by atoms with Gasteiger partial charge in [0.25, 0.3) is 0 Å². The van der Waals surface area contributed by atoms with Crippen LogP contribution in [-0.2, 0) is 11.2 Å². The lowest BCUT2D eigenvalue weighted by atomic mass is 9.97. The van der Waals surface area contributed by atoms with Crippen LogP contribution in [0.5, 0.6) is 0 Å². The molecule has 70 valence electrons. The van der Waals surface area contributed by atoms with Gasteiger partial charge in [-0.25, -0.2) is 0 Å². The Morgan fingerprint density at radius 1 is 1.31 bits per heavy atom. The van der Waals surface area contributed by atoms with E-state index in [2.05, 4.69) is 19.1 Å². The molecule has 1 nitrogen and oxygen atoms in total. The zero-order chi connectivity index (χ0) is 9.52. The lowest BCUT2D eigenvalue weighted by Crippen LogP contribution is -2.05. The van der Waals surface area contributed by atoms with E-state index in [1.165, 1.54) is 5.56 Å². The molecule has 0 aliphatic heterocycles. The van der Waals surface area contributed by atoms with Crippen molar-refractivity contribution in [1.29, 1.82) is 0 Å². The molecule has 1 atom stereocenters. The molecular weight excluding hydrogens is 160 g/mol. The fourth-order valence-corrected chi connectivity index (χ4v) is 1.51. The van der Waals surface area contributed by atoms with Gasteiger partial charge in [0, 0.05) is 5.92 Å². The molecule has 0 spiro atoms. The van der Waals surface area contributed by atoms with E-state index in [1.807, 2.05) is 18.2 Å². The van der Waals surface area contributed by atoms with Crippen molar-refractivity contribution in [2.45, 2.75) is 26.2 Å². The van der Waals surface area contributed by atoms with Crippen molar-refractivity contribution in [3.63, 3.8) is 0 Å². The van der Waals surface area contributed by atoms with E-state index in [0.717, 1.165) is 25.5 Å². The molecule has 0 heterocycles. The second-order valence-corrected chi connectivity index (χ2v) is 3.37. The third kappa shape index (κ3) is 3.41. The van der Waals surface area contributed by atoms with Gasteiger partial charge >= 0.3 is 0 Å². The maximum atomic E-state index is 10.7. The van der Waals surface area contributed by atoms with Crippen LogP contribution in [0, 0.1) is 5.92 Å². The van der Waals surface area contributed by atoms with Crippen molar-refractivity contribution in [1.82, 2.24) is 0 Å². The van der Waals surface area contributed by atoms with Crippen molar-refractivity contribution >= 4 is 6.29 Å². The summed E-state index contributed by atoms with van der Waals surface area (Å²) >= 11 is 0. The Morgan fingerprint density at radius 2 is 2.00 bits per heavy atom. The number of rotatable bonds is 5. The molecule has 0 saturated carbocycles. The van der Waals surface area contributed by atoms with Gasteiger partial charge in [-0.15, -0.1) is 0 Å². The fraction of sp³-hybridized carbons (Fsp3) is 0.417. The second-order valence-electron chi connectivity index (χ2n) is 3.37. The summed E-state index contributed by atoms with van der Waals surface area (Å²) in [5, 5.41) is 0. The second kappa shape index (κ2) is 5.52. The molecule has 1 rings (SSSR count). The van der Waals surface area contributed by atoms with Crippen LogP contribution in [0.4, 0.5) is 0 Å². The molecule has 1 heteroatoms. The Hall–Kier alpha value is -1.11. The van der Waals surface area contributed by atoms with E-state index >= 15 is 0 Å². The van der Waals surface area contributed by atoms with Crippen molar-refractivity contribution in [2.75, 3.05) is 0 Å². The first-order valence-electron chi connectivity index (χ1n) is 4.86. The Labute approximate surface area is 79.8 Å². The summed E-state index contributed by atoms with van der Waals surface area (Å²) in [6.45, 7) is 2.11. The molecule has 0 radical (unpaired) electrons. The van der Waals surface area contributed by atoms with Crippen molar-refractivity contribution in [2.24, 2.45) is 5.92 Å². The van der Waals surface area contributed by atoms with Gasteiger partial charge < -0.3 is 4.79 Å². The molecule has 0 amide bonds. The highest BCUT2D eigenvalue weighted by Gasteiger charge is 2.06. The minimum absolute atomic E-state index is 0.201. The van der Waals surface area contributed by atoms with Crippen LogP contribution in [0.3, 0.4) is 0 Å². The number of carbonyl (C=O) groups excluding carboxylic acids is 1. The number of aldehydes is 1. The smallest absolute Gasteiger partial charge is 0.123 e. The summed E-state index contributed by atoms with van der Waals surface area (Å²) in [6.07, 6.45) is 4.04. The topological polar surface area (TPSA) is 17.1 Å². The Balaban J connectivity index is 2.51. The van der Waals surface area contributed by atoms with E-state index in [1.54, 1.807) is 0 Å². The maximum absolute atomic E-state index is 10.7. The molecule has 0 aliphatic carbocycles. The summed E-state index contributed by atoms with van der Waals surface area (Å²) in [6, 6.07) is 10.2. The van der Waals surface area contributed by atoms with E-state index < -0.39 is 0 Å². The van der Waals surface area contributed by atoms with Crippen molar-refractivity contribution < 1.29 is 4.79 Å². The number of benzene rings is 1.